The van der Waals surface area contributed by atoms with E-state index in [1.54, 1.807) is 25.1 Å². The van der Waals surface area contributed by atoms with Crippen molar-refractivity contribution in [2.45, 2.75) is 52.1 Å². The number of hydrogen-bond acceptors (Lipinski definition) is 4. The van der Waals surface area contributed by atoms with Crippen LogP contribution >= 0.6 is 11.6 Å². The van der Waals surface area contributed by atoms with Gasteiger partial charge in [-0.3, -0.25) is 13.9 Å². The Labute approximate surface area is 236 Å². The molecule has 3 rings (SSSR count). The average molecular weight is 570 g/mol. The van der Waals surface area contributed by atoms with E-state index in [1.165, 1.54) is 29.2 Å². The molecular formula is C30H36ClN3O4S. The lowest BCUT2D eigenvalue weighted by Crippen LogP contribution is -2.51. The lowest BCUT2D eigenvalue weighted by Gasteiger charge is -2.32. The second-order valence-corrected chi connectivity index (χ2v) is 12.4. The summed E-state index contributed by atoms with van der Waals surface area (Å²) >= 11 is 6.00. The molecule has 39 heavy (non-hydrogen) atoms. The van der Waals surface area contributed by atoms with Crippen LogP contribution in [-0.2, 0) is 26.2 Å². The van der Waals surface area contributed by atoms with Crippen LogP contribution < -0.4 is 9.62 Å². The highest BCUT2D eigenvalue weighted by atomic mass is 35.5. The molecule has 0 unspecified atom stereocenters. The molecule has 0 aliphatic rings. The zero-order valence-electron chi connectivity index (χ0n) is 23.0. The molecule has 0 saturated carbocycles. The first-order chi connectivity index (χ1) is 18.4. The van der Waals surface area contributed by atoms with Gasteiger partial charge in [0.25, 0.3) is 10.0 Å². The van der Waals surface area contributed by atoms with Crippen molar-refractivity contribution in [1.29, 1.82) is 0 Å². The number of hydrogen-bond donors (Lipinski definition) is 1. The van der Waals surface area contributed by atoms with Crippen LogP contribution in [-0.4, -0.2) is 44.3 Å². The van der Waals surface area contributed by atoms with E-state index in [9.17, 15) is 18.0 Å². The molecule has 0 bridgehead atoms. The molecule has 0 fully saturated rings. The molecule has 208 valence electrons. The number of halogens is 1. The predicted octanol–water partition coefficient (Wildman–Crippen LogP) is 5.34. The topological polar surface area (TPSA) is 86.8 Å². The summed E-state index contributed by atoms with van der Waals surface area (Å²) in [6, 6.07) is 19.6. The van der Waals surface area contributed by atoms with Gasteiger partial charge in [0.1, 0.15) is 12.6 Å². The molecule has 3 aromatic rings. The van der Waals surface area contributed by atoms with E-state index in [0.717, 1.165) is 21.0 Å². The number of carbonyl (C=O) groups is 2. The quantitative estimate of drug-likeness (QED) is 0.338. The summed E-state index contributed by atoms with van der Waals surface area (Å²) < 4.78 is 28.8. The second kappa shape index (κ2) is 13.1. The highest BCUT2D eigenvalue weighted by molar-refractivity contribution is 7.92. The normalized spacial score (nSPS) is 12.2. The van der Waals surface area contributed by atoms with Crippen molar-refractivity contribution in [2.24, 2.45) is 5.92 Å². The Bertz CT molecular complexity index is 1410. The smallest absolute Gasteiger partial charge is 0.264 e. The minimum Gasteiger partial charge on any atom is -0.354 e. The van der Waals surface area contributed by atoms with Gasteiger partial charge >= 0.3 is 0 Å². The first-order valence-electron chi connectivity index (χ1n) is 12.9. The minimum atomic E-state index is -4.14. The molecule has 0 aliphatic carbocycles. The van der Waals surface area contributed by atoms with E-state index in [2.05, 4.69) is 5.32 Å². The summed E-state index contributed by atoms with van der Waals surface area (Å²) in [5.74, 6) is -0.557. The van der Waals surface area contributed by atoms with Crippen LogP contribution in [0.2, 0.25) is 5.02 Å². The van der Waals surface area contributed by atoms with Gasteiger partial charge < -0.3 is 10.2 Å². The fourth-order valence-electron chi connectivity index (χ4n) is 4.09. The Morgan fingerprint density at radius 3 is 2.10 bits per heavy atom. The van der Waals surface area contributed by atoms with Crippen LogP contribution in [0.5, 0.6) is 0 Å². The van der Waals surface area contributed by atoms with Crippen molar-refractivity contribution in [2.75, 3.05) is 17.4 Å². The molecule has 9 heteroatoms. The minimum absolute atomic E-state index is 0.00849. The lowest BCUT2D eigenvalue weighted by molar-refractivity contribution is -0.139. The number of aryl methyl sites for hydroxylation is 2. The lowest BCUT2D eigenvalue weighted by atomic mass is 10.1. The molecule has 1 N–H and O–H groups in total. The zero-order chi connectivity index (χ0) is 28.7. The number of anilines is 1. The first-order valence-corrected chi connectivity index (χ1v) is 14.7. The third kappa shape index (κ3) is 8.07. The Kier molecular flexibility index (Phi) is 10.2. The van der Waals surface area contributed by atoms with Gasteiger partial charge in [0, 0.05) is 18.1 Å². The van der Waals surface area contributed by atoms with E-state index < -0.39 is 28.5 Å². The number of carbonyl (C=O) groups excluding carboxylic acids is 2. The van der Waals surface area contributed by atoms with Gasteiger partial charge in [0.15, 0.2) is 0 Å². The molecule has 0 aliphatic heterocycles. The van der Waals surface area contributed by atoms with Gasteiger partial charge in [0.05, 0.1) is 10.6 Å². The predicted molar refractivity (Wildman–Crippen MR) is 156 cm³/mol. The van der Waals surface area contributed by atoms with Gasteiger partial charge in [-0.2, -0.15) is 0 Å². The number of rotatable bonds is 11. The van der Waals surface area contributed by atoms with E-state index in [-0.39, 0.29) is 23.3 Å². The van der Waals surface area contributed by atoms with Gasteiger partial charge in [-0.05, 0) is 74.2 Å². The van der Waals surface area contributed by atoms with Crippen molar-refractivity contribution in [3.05, 3.63) is 94.5 Å². The van der Waals surface area contributed by atoms with Gasteiger partial charge in [-0.15, -0.1) is 0 Å². The first kappa shape index (κ1) is 30.2. The SMILES string of the molecule is Cc1cccc(CN(C(=O)CN(c2cccc(C)c2)S(=O)(=O)c2ccc(Cl)cc2)[C@@H](C)C(=O)NCC(C)C)c1. The van der Waals surface area contributed by atoms with E-state index in [1.807, 2.05) is 58.0 Å². The maximum absolute atomic E-state index is 13.9. The Hall–Kier alpha value is -3.36. The van der Waals surface area contributed by atoms with Crippen LogP contribution in [0.3, 0.4) is 0 Å². The summed E-state index contributed by atoms with van der Waals surface area (Å²) in [5, 5.41) is 3.29. The van der Waals surface area contributed by atoms with E-state index in [0.29, 0.717) is 17.3 Å². The molecule has 3 aromatic carbocycles. The number of sulfonamides is 1. The molecule has 0 heterocycles. The summed E-state index contributed by atoms with van der Waals surface area (Å²) in [6.07, 6.45) is 0. The zero-order valence-corrected chi connectivity index (χ0v) is 24.6. The van der Waals surface area contributed by atoms with Crippen LogP contribution in [0.4, 0.5) is 5.69 Å². The highest BCUT2D eigenvalue weighted by Crippen LogP contribution is 2.26. The standard InChI is InChI=1S/C30H36ClN3O4S/c1-21(2)18-32-30(36)24(5)33(19-25-10-6-8-22(3)16-25)29(35)20-34(27-11-7-9-23(4)17-27)39(37,38)28-14-12-26(31)13-15-28/h6-17,21,24H,18-20H2,1-5H3,(H,32,36)/t24-/m0/s1. The van der Waals surface area contributed by atoms with Gasteiger partial charge in [0.2, 0.25) is 11.8 Å². The molecule has 0 saturated heterocycles. The average Bonchev–Trinajstić information content (AvgIpc) is 2.88. The van der Waals surface area contributed by atoms with Crippen molar-refractivity contribution in [3.63, 3.8) is 0 Å². The summed E-state index contributed by atoms with van der Waals surface area (Å²) in [7, 11) is -4.14. The third-order valence-electron chi connectivity index (χ3n) is 6.26. The Morgan fingerprint density at radius 2 is 1.51 bits per heavy atom. The molecular weight excluding hydrogens is 534 g/mol. The summed E-state index contributed by atoms with van der Waals surface area (Å²) in [5.41, 5.74) is 3.05. The third-order valence-corrected chi connectivity index (χ3v) is 8.30. The monoisotopic (exact) mass is 569 g/mol. The fourth-order valence-corrected chi connectivity index (χ4v) is 5.62. The molecule has 0 spiro atoms. The van der Waals surface area contributed by atoms with Crippen LogP contribution in [0.15, 0.2) is 77.7 Å². The maximum Gasteiger partial charge on any atom is 0.264 e. The molecule has 0 aromatic heterocycles. The Balaban J connectivity index is 2.01. The van der Waals surface area contributed by atoms with Crippen LogP contribution in [0, 0.1) is 19.8 Å². The Morgan fingerprint density at radius 1 is 0.897 bits per heavy atom. The van der Waals surface area contributed by atoms with Crippen molar-refractivity contribution >= 4 is 39.1 Å². The number of nitrogens with one attached hydrogen (secondary N) is 1. The molecule has 7 nitrogen and oxygen atoms in total. The van der Waals surface area contributed by atoms with Crippen LogP contribution in [0.25, 0.3) is 0 Å². The van der Waals surface area contributed by atoms with E-state index >= 15 is 0 Å². The molecule has 2 amide bonds. The van der Waals surface area contributed by atoms with Gasteiger partial charge in [-0.1, -0.05) is 67.4 Å². The van der Waals surface area contributed by atoms with Crippen molar-refractivity contribution in [1.82, 2.24) is 10.2 Å². The van der Waals surface area contributed by atoms with Crippen LogP contribution in [0.1, 0.15) is 37.5 Å². The largest absolute Gasteiger partial charge is 0.354 e. The maximum atomic E-state index is 13.9. The van der Waals surface area contributed by atoms with E-state index in [4.69, 9.17) is 11.6 Å². The number of benzene rings is 3. The molecule has 0 radical (unpaired) electrons. The van der Waals surface area contributed by atoms with Crippen molar-refractivity contribution in [3.8, 4) is 0 Å². The number of amides is 2. The molecule has 1 atom stereocenters. The second-order valence-electron chi connectivity index (χ2n) is 10.1. The summed E-state index contributed by atoms with van der Waals surface area (Å²) in [4.78, 5) is 28.4. The summed E-state index contributed by atoms with van der Waals surface area (Å²) in [6.45, 7) is 9.58. The van der Waals surface area contributed by atoms with Crippen molar-refractivity contribution < 1.29 is 18.0 Å². The fraction of sp³-hybridized carbons (Fsp3) is 0.333. The number of nitrogens with zero attached hydrogens (tertiary/aromatic N) is 2. The van der Waals surface area contributed by atoms with Gasteiger partial charge in [-0.25, -0.2) is 8.42 Å². The highest BCUT2D eigenvalue weighted by Gasteiger charge is 2.32.